The number of aromatic nitrogens is 3. The number of rotatable bonds is 6. The third kappa shape index (κ3) is 4.13. The van der Waals surface area contributed by atoms with E-state index in [0.29, 0.717) is 22.6 Å². The first kappa shape index (κ1) is 24.3. The highest BCUT2D eigenvalue weighted by atomic mass is 19.1. The summed E-state index contributed by atoms with van der Waals surface area (Å²) < 4.78 is 48.1. The van der Waals surface area contributed by atoms with Gasteiger partial charge in [-0.15, -0.1) is 0 Å². The number of methoxy groups -OCH3 is 1. The maximum atomic E-state index is 14.6. The van der Waals surface area contributed by atoms with Crippen LogP contribution in [0.4, 0.5) is 19.0 Å². The fourth-order valence-electron chi connectivity index (χ4n) is 6.14. The number of nitrogens with one attached hydrogen (secondary N) is 2. The van der Waals surface area contributed by atoms with Crippen LogP contribution in [-0.4, -0.2) is 39.2 Å². The Bertz CT molecular complexity index is 1550. The highest BCUT2D eigenvalue weighted by Crippen LogP contribution is 2.46. The lowest BCUT2D eigenvalue weighted by Gasteiger charge is -2.47. The number of benzene rings is 2. The topological polar surface area (TPSA) is 100 Å². The van der Waals surface area contributed by atoms with E-state index in [0.717, 1.165) is 31.7 Å². The second kappa shape index (κ2) is 9.34. The number of fused-ring (bicyclic) bond motifs is 4. The van der Waals surface area contributed by atoms with Gasteiger partial charge in [0.25, 0.3) is 0 Å². The molecule has 2 aromatic carbocycles. The molecule has 3 aliphatic rings. The lowest BCUT2D eigenvalue weighted by atomic mass is 9.61. The van der Waals surface area contributed by atoms with Crippen LogP contribution in [0.3, 0.4) is 0 Å². The van der Waals surface area contributed by atoms with Gasteiger partial charge < -0.3 is 20.1 Å². The number of halogens is 3. The van der Waals surface area contributed by atoms with E-state index in [9.17, 15) is 23.1 Å². The van der Waals surface area contributed by atoms with Crippen molar-refractivity contribution in [3.05, 3.63) is 60.0 Å². The Morgan fingerprint density at radius 3 is 2.50 bits per heavy atom. The van der Waals surface area contributed by atoms with Crippen LogP contribution >= 0.6 is 0 Å². The number of anilines is 1. The highest BCUT2D eigenvalue weighted by Gasteiger charge is 2.47. The Kier molecular flexibility index (Phi) is 5.97. The number of hydrogen-bond donors (Lipinski definition) is 3. The van der Waals surface area contributed by atoms with Crippen molar-refractivity contribution in [2.45, 2.75) is 31.7 Å². The molecule has 3 fully saturated rings. The number of nitrogens with zero attached hydrogens (tertiary/aromatic N) is 2. The highest BCUT2D eigenvalue weighted by molar-refractivity contribution is 5.94. The average Bonchev–Trinajstić information content (AvgIpc) is 3.33. The van der Waals surface area contributed by atoms with Crippen LogP contribution in [0.2, 0.25) is 0 Å². The largest absolute Gasteiger partial charge is 0.494 e. The summed E-state index contributed by atoms with van der Waals surface area (Å²) in [7, 11) is 1.37. The van der Waals surface area contributed by atoms with Crippen molar-refractivity contribution >= 4 is 22.7 Å². The van der Waals surface area contributed by atoms with Crippen LogP contribution in [0.15, 0.2) is 42.6 Å². The first-order chi connectivity index (χ1) is 18.3. The quantitative estimate of drug-likeness (QED) is 0.286. The van der Waals surface area contributed by atoms with Crippen LogP contribution < -0.4 is 10.1 Å². The zero-order valence-electron chi connectivity index (χ0n) is 20.5. The Morgan fingerprint density at radius 2 is 1.79 bits per heavy atom. The summed E-state index contributed by atoms with van der Waals surface area (Å²) in [5.74, 6) is -2.61. The van der Waals surface area contributed by atoms with Gasteiger partial charge in [-0.05, 0) is 61.8 Å². The molecule has 3 aliphatic carbocycles. The van der Waals surface area contributed by atoms with E-state index >= 15 is 0 Å². The molecule has 0 unspecified atom stereocenters. The van der Waals surface area contributed by atoms with Crippen molar-refractivity contribution < 1.29 is 27.8 Å². The van der Waals surface area contributed by atoms with Crippen LogP contribution in [0.5, 0.6) is 5.75 Å². The Balaban J connectivity index is 1.48. The van der Waals surface area contributed by atoms with Crippen molar-refractivity contribution in [3.8, 4) is 28.4 Å². The predicted molar refractivity (Wildman–Crippen MR) is 135 cm³/mol. The normalized spacial score (nSPS) is 22.5. The predicted octanol–water partition coefficient (Wildman–Crippen LogP) is 6.02. The smallest absolute Gasteiger partial charge is 0.308 e. The van der Waals surface area contributed by atoms with Crippen molar-refractivity contribution in [1.82, 2.24) is 15.0 Å². The number of aliphatic carboxylic acids is 1. The molecule has 2 atom stereocenters. The fraction of sp³-hybridized carbons (Fsp3) is 0.321. The number of carboxylic acid groups (broad SMARTS) is 1. The van der Waals surface area contributed by atoms with Gasteiger partial charge in [-0.25, -0.2) is 23.1 Å². The molecule has 2 aromatic heterocycles. The first-order valence-electron chi connectivity index (χ1n) is 12.5. The Morgan fingerprint density at radius 1 is 1.03 bits per heavy atom. The SMILES string of the molecule is COc1ccc(-c2cc(N[C@@H]3C4CCC(CC4)[C@H]3C(=O)O)nc(-c3c[nH]c4c(F)cc(F)cc34)n2)cc1F. The third-order valence-electron chi connectivity index (χ3n) is 7.94. The van der Waals surface area contributed by atoms with Gasteiger partial charge >= 0.3 is 5.97 Å². The van der Waals surface area contributed by atoms with Crippen LogP contribution in [0.25, 0.3) is 33.5 Å². The number of aromatic amines is 1. The molecule has 0 radical (unpaired) electrons. The molecule has 196 valence electrons. The molecule has 0 spiro atoms. The second-order valence-corrected chi connectivity index (χ2v) is 10.0. The molecule has 0 aliphatic heterocycles. The molecule has 7 nitrogen and oxygen atoms in total. The number of H-pyrrole nitrogens is 1. The van der Waals surface area contributed by atoms with Gasteiger partial charge in [0.1, 0.15) is 17.5 Å². The zero-order valence-corrected chi connectivity index (χ0v) is 20.5. The molecule has 7 rings (SSSR count). The lowest BCUT2D eigenvalue weighted by molar-refractivity contribution is -0.148. The van der Waals surface area contributed by atoms with Gasteiger partial charge in [0.05, 0.1) is 24.2 Å². The molecule has 38 heavy (non-hydrogen) atoms. The van der Waals surface area contributed by atoms with Crippen molar-refractivity contribution in [3.63, 3.8) is 0 Å². The maximum Gasteiger partial charge on any atom is 0.308 e. The van der Waals surface area contributed by atoms with Gasteiger partial charge in [0.2, 0.25) is 0 Å². The Labute approximate surface area is 216 Å². The van der Waals surface area contributed by atoms with E-state index in [2.05, 4.69) is 20.3 Å². The van der Waals surface area contributed by atoms with E-state index < -0.39 is 29.3 Å². The van der Waals surface area contributed by atoms with Crippen molar-refractivity contribution in [2.24, 2.45) is 17.8 Å². The summed E-state index contributed by atoms with van der Waals surface area (Å²) in [4.78, 5) is 24.3. The molecule has 2 bridgehead atoms. The minimum atomic E-state index is -0.841. The van der Waals surface area contributed by atoms with E-state index in [4.69, 9.17) is 4.74 Å². The van der Waals surface area contributed by atoms with Gasteiger partial charge in [-0.1, -0.05) is 0 Å². The van der Waals surface area contributed by atoms with Gasteiger partial charge in [-0.3, -0.25) is 4.79 Å². The van der Waals surface area contributed by atoms with E-state index in [1.807, 2.05) is 0 Å². The molecule has 2 heterocycles. The summed E-state index contributed by atoms with van der Waals surface area (Å²) in [6.07, 6.45) is 5.13. The molecule has 10 heteroatoms. The summed E-state index contributed by atoms with van der Waals surface area (Å²) in [6, 6.07) is 7.71. The molecular formula is C28H25F3N4O3. The van der Waals surface area contributed by atoms with Crippen LogP contribution in [-0.2, 0) is 4.79 Å². The van der Waals surface area contributed by atoms with Crippen molar-refractivity contribution in [2.75, 3.05) is 12.4 Å². The lowest BCUT2D eigenvalue weighted by Crippen LogP contribution is -2.51. The number of carboxylic acids is 1. The van der Waals surface area contributed by atoms with Gasteiger partial charge in [0, 0.05) is 40.9 Å². The monoisotopic (exact) mass is 522 g/mol. The minimum Gasteiger partial charge on any atom is -0.494 e. The number of carbonyl (C=O) groups is 1. The zero-order chi connectivity index (χ0) is 26.6. The summed E-state index contributed by atoms with van der Waals surface area (Å²) in [6.45, 7) is 0. The summed E-state index contributed by atoms with van der Waals surface area (Å²) >= 11 is 0. The standard InChI is InChI=1S/C28H25F3N4O3/c1-38-22-7-6-15(8-19(22)30)21-11-23(34-25-14-4-2-13(3-5-14)24(25)28(36)37)35-27(33-21)18-12-32-26-17(18)9-16(29)10-20(26)31/h6-14,24-25,32H,2-5H2,1H3,(H,36,37)(H,33,34,35)/t13?,14?,24-,25-/m1/s1. The van der Waals surface area contributed by atoms with E-state index in [1.54, 1.807) is 12.1 Å². The van der Waals surface area contributed by atoms with E-state index in [-0.39, 0.29) is 40.4 Å². The molecule has 0 amide bonds. The number of hydrogen-bond acceptors (Lipinski definition) is 5. The third-order valence-corrected chi connectivity index (χ3v) is 7.94. The minimum absolute atomic E-state index is 0.0755. The summed E-state index contributed by atoms with van der Waals surface area (Å²) in [5, 5.41) is 13.6. The fourth-order valence-corrected chi connectivity index (χ4v) is 6.14. The average molecular weight is 523 g/mol. The van der Waals surface area contributed by atoms with Gasteiger partial charge in [0.15, 0.2) is 17.4 Å². The molecule has 3 N–H and O–H groups in total. The molecular weight excluding hydrogens is 497 g/mol. The first-order valence-corrected chi connectivity index (χ1v) is 12.5. The van der Waals surface area contributed by atoms with Gasteiger partial charge in [-0.2, -0.15) is 0 Å². The maximum absolute atomic E-state index is 14.6. The summed E-state index contributed by atoms with van der Waals surface area (Å²) in [5.41, 5.74) is 1.26. The molecule has 3 saturated carbocycles. The molecule has 0 saturated heterocycles. The Hall–Kier alpha value is -4.08. The number of ether oxygens (including phenoxy) is 1. The van der Waals surface area contributed by atoms with E-state index in [1.165, 1.54) is 31.5 Å². The van der Waals surface area contributed by atoms with Crippen molar-refractivity contribution in [1.29, 1.82) is 0 Å². The molecule has 4 aromatic rings. The van der Waals surface area contributed by atoms with Crippen LogP contribution in [0.1, 0.15) is 25.7 Å². The second-order valence-electron chi connectivity index (χ2n) is 10.0. The van der Waals surface area contributed by atoms with Crippen LogP contribution in [0, 0.1) is 35.2 Å².